The molecular formula is C21H29N3O3S. The number of sulfonamides is 1. The summed E-state index contributed by atoms with van der Waals surface area (Å²) in [5.41, 5.74) is 2.29. The number of aryl methyl sites for hydroxylation is 2. The van der Waals surface area contributed by atoms with E-state index in [4.69, 9.17) is 0 Å². The first kappa shape index (κ1) is 20.6. The highest BCUT2D eigenvalue weighted by Crippen LogP contribution is 2.25. The lowest BCUT2D eigenvalue weighted by Gasteiger charge is -2.31. The number of rotatable bonds is 6. The number of nitrogens with zero attached hydrogens (tertiary/aromatic N) is 2. The summed E-state index contributed by atoms with van der Waals surface area (Å²) in [4.78, 5) is 13.1. The third-order valence-electron chi connectivity index (χ3n) is 5.47. The Bertz CT molecular complexity index is 911. The van der Waals surface area contributed by atoms with Crippen LogP contribution in [-0.2, 0) is 21.9 Å². The molecule has 28 heavy (non-hydrogen) atoms. The fourth-order valence-electron chi connectivity index (χ4n) is 3.65. The van der Waals surface area contributed by atoms with Crippen LogP contribution in [0.2, 0.25) is 0 Å². The van der Waals surface area contributed by atoms with Gasteiger partial charge in [0.05, 0.1) is 10.9 Å². The minimum absolute atomic E-state index is 0.0146. The average molecular weight is 404 g/mol. The van der Waals surface area contributed by atoms with Gasteiger partial charge in [-0.25, -0.2) is 8.42 Å². The molecule has 0 aliphatic carbocycles. The molecule has 2 aromatic rings. The number of benzene rings is 1. The summed E-state index contributed by atoms with van der Waals surface area (Å²) in [5.74, 6) is -0.133. The second kappa shape index (κ2) is 8.49. The number of carbonyl (C=O) groups excluding carboxylic acids is 1. The van der Waals surface area contributed by atoms with Crippen LogP contribution in [0.15, 0.2) is 47.6 Å². The quantitative estimate of drug-likeness (QED) is 0.806. The Morgan fingerprint density at radius 3 is 2.36 bits per heavy atom. The number of hydrogen-bond acceptors (Lipinski definition) is 3. The van der Waals surface area contributed by atoms with Crippen LogP contribution >= 0.6 is 0 Å². The predicted octanol–water partition coefficient (Wildman–Crippen LogP) is 3.00. The molecular weight excluding hydrogens is 374 g/mol. The van der Waals surface area contributed by atoms with Gasteiger partial charge in [0.25, 0.3) is 0 Å². The Morgan fingerprint density at radius 1 is 1.18 bits per heavy atom. The molecule has 0 unspecified atom stereocenters. The van der Waals surface area contributed by atoms with Crippen molar-refractivity contribution in [1.29, 1.82) is 0 Å². The summed E-state index contributed by atoms with van der Waals surface area (Å²) in [7, 11) is -1.68. The summed E-state index contributed by atoms with van der Waals surface area (Å²) in [6, 6.07) is 9.81. The van der Waals surface area contributed by atoms with Gasteiger partial charge in [-0.05, 0) is 37.8 Å². The second-order valence-electron chi connectivity index (χ2n) is 7.57. The van der Waals surface area contributed by atoms with E-state index in [0.717, 1.165) is 12.0 Å². The third kappa shape index (κ3) is 4.47. The van der Waals surface area contributed by atoms with Crippen LogP contribution in [0.3, 0.4) is 0 Å². The van der Waals surface area contributed by atoms with Crippen LogP contribution in [-0.4, -0.2) is 36.3 Å². The fourth-order valence-corrected chi connectivity index (χ4v) is 5.17. The Labute approximate surface area is 167 Å². The van der Waals surface area contributed by atoms with E-state index in [1.54, 1.807) is 30.1 Å². The lowest BCUT2D eigenvalue weighted by Crippen LogP contribution is -2.43. The number of carbonyl (C=O) groups is 1. The first-order valence-corrected chi connectivity index (χ1v) is 11.2. The maximum Gasteiger partial charge on any atom is 0.244 e. The van der Waals surface area contributed by atoms with Gasteiger partial charge in [-0.2, -0.15) is 4.31 Å². The first-order valence-electron chi connectivity index (χ1n) is 9.80. The van der Waals surface area contributed by atoms with Crippen molar-refractivity contribution in [1.82, 2.24) is 14.2 Å². The fraction of sp³-hybridized carbons (Fsp3) is 0.476. The van der Waals surface area contributed by atoms with E-state index in [1.807, 2.05) is 6.92 Å². The summed E-state index contributed by atoms with van der Waals surface area (Å²) < 4.78 is 28.7. The Balaban J connectivity index is 1.59. The van der Waals surface area contributed by atoms with E-state index in [2.05, 4.69) is 36.5 Å². The van der Waals surface area contributed by atoms with Crippen LogP contribution in [0.4, 0.5) is 0 Å². The van der Waals surface area contributed by atoms with Gasteiger partial charge < -0.3 is 9.88 Å². The SMILES string of the molecule is CC[C@H](NC(=O)C1CCN(S(=O)(=O)c2ccn(C)c2)CC1)c1ccc(C)cc1. The van der Waals surface area contributed by atoms with Gasteiger partial charge in [0.15, 0.2) is 0 Å². The van der Waals surface area contributed by atoms with E-state index >= 15 is 0 Å². The van der Waals surface area contributed by atoms with Crippen LogP contribution in [0.25, 0.3) is 0 Å². The lowest BCUT2D eigenvalue weighted by atomic mass is 9.95. The zero-order chi connectivity index (χ0) is 20.3. The van der Waals surface area contributed by atoms with Gasteiger partial charge in [-0.3, -0.25) is 4.79 Å². The molecule has 1 aliphatic heterocycles. The molecule has 0 spiro atoms. The summed E-state index contributed by atoms with van der Waals surface area (Å²) in [6.45, 7) is 4.84. The smallest absolute Gasteiger partial charge is 0.244 e. The van der Waals surface area contributed by atoms with Crippen LogP contribution in [0.1, 0.15) is 43.4 Å². The van der Waals surface area contributed by atoms with Crippen LogP contribution in [0.5, 0.6) is 0 Å². The topological polar surface area (TPSA) is 71.4 Å². The number of nitrogens with one attached hydrogen (secondary N) is 1. The number of aromatic nitrogens is 1. The van der Waals surface area contributed by atoms with Crippen molar-refractivity contribution in [2.75, 3.05) is 13.1 Å². The lowest BCUT2D eigenvalue weighted by molar-refractivity contribution is -0.126. The normalized spacial score (nSPS) is 17.4. The second-order valence-corrected chi connectivity index (χ2v) is 9.51. The van der Waals surface area contributed by atoms with Gasteiger partial charge in [-0.1, -0.05) is 36.8 Å². The molecule has 0 radical (unpaired) electrons. The van der Waals surface area contributed by atoms with Gasteiger partial charge in [-0.15, -0.1) is 0 Å². The molecule has 1 amide bonds. The third-order valence-corrected chi connectivity index (χ3v) is 7.35. The molecule has 152 valence electrons. The van der Waals surface area contributed by atoms with Crippen molar-refractivity contribution in [2.24, 2.45) is 13.0 Å². The summed E-state index contributed by atoms with van der Waals surface area (Å²) in [6.07, 6.45) is 5.24. The molecule has 1 aromatic heterocycles. The van der Waals surface area contributed by atoms with E-state index in [-0.39, 0.29) is 17.9 Å². The molecule has 0 saturated carbocycles. The van der Waals surface area contributed by atoms with Crippen molar-refractivity contribution in [3.63, 3.8) is 0 Å². The average Bonchev–Trinajstić information content (AvgIpc) is 3.14. The van der Waals surface area contributed by atoms with Crippen molar-refractivity contribution in [3.05, 3.63) is 53.9 Å². The molecule has 1 atom stereocenters. The van der Waals surface area contributed by atoms with E-state index in [9.17, 15) is 13.2 Å². The number of hydrogen-bond donors (Lipinski definition) is 1. The van der Waals surface area contributed by atoms with Crippen molar-refractivity contribution < 1.29 is 13.2 Å². The molecule has 0 bridgehead atoms. The van der Waals surface area contributed by atoms with Gasteiger partial charge in [0.1, 0.15) is 0 Å². The molecule has 3 rings (SSSR count). The standard InChI is InChI=1S/C21H29N3O3S/c1-4-20(17-7-5-16(2)6-8-17)22-21(25)18-9-13-24(14-10-18)28(26,27)19-11-12-23(3)15-19/h5-8,11-12,15,18,20H,4,9-10,13-14H2,1-3H3,(H,22,25)/t20-/m0/s1. The van der Waals surface area contributed by atoms with Crippen LogP contribution < -0.4 is 5.32 Å². The number of piperidine rings is 1. The predicted molar refractivity (Wildman–Crippen MR) is 109 cm³/mol. The van der Waals surface area contributed by atoms with E-state index < -0.39 is 10.0 Å². The van der Waals surface area contributed by atoms with E-state index in [0.29, 0.717) is 30.8 Å². The highest BCUT2D eigenvalue weighted by molar-refractivity contribution is 7.89. The molecule has 1 fully saturated rings. The number of amides is 1. The minimum Gasteiger partial charge on any atom is -0.356 e. The van der Waals surface area contributed by atoms with Crippen LogP contribution in [0, 0.1) is 12.8 Å². The van der Waals surface area contributed by atoms with E-state index in [1.165, 1.54) is 9.87 Å². The maximum atomic E-state index is 12.8. The molecule has 1 N–H and O–H groups in total. The highest BCUT2D eigenvalue weighted by atomic mass is 32.2. The van der Waals surface area contributed by atoms with Gasteiger partial charge in [0, 0.05) is 38.4 Å². The zero-order valence-corrected chi connectivity index (χ0v) is 17.6. The largest absolute Gasteiger partial charge is 0.356 e. The molecule has 1 saturated heterocycles. The maximum absolute atomic E-state index is 12.8. The minimum atomic E-state index is -3.48. The van der Waals surface area contributed by atoms with Gasteiger partial charge in [0.2, 0.25) is 15.9 Å². The molecule has 2 heterocycles. The zero-order valence-electron chi connectivity index (χ0n) is 16.8. The summed E-state index contributed by atoms with van der Waals surface area (Å²) >= 11 is 0. The first-order chi connectivity index (χ1) is 13.3. The Hall–Kier alpha value is -2.12. The molecule has 1 aliphatic rings. The molecule has 6 nitrogen and oxygen atoms in total. The van der Waals surface area contributed by atoms with Gasteiger partial charge >= 0.3 is 0 Å². The molecule has 7 heteroatoms. The van der Waals surface area contributed by atoms with Crippen molar-refractivity contribution >= 4 is 15.9 Å². The van der Waals surface area contributed by atoms with Crippen molar-refractivity contribution in [3.8, 4) is 0 Å². The highest BCUT2D eigenvalue weighted by Gasteiger charge is 2.33. The Morgan fingerprint density at radius 2 is 1.82 bits per heavy atom. The monoisotopic (exact) mass is 403 g/mol. The van der Waals surface area contributed by atoms with Crippen molar-refractivity contribution in [2.45, 2.75) is 44.0 Å². The molecule has 1 aromatic carbocycles. The Kier molecular flexibility index (Phi) is 6.25. The summed E-state index contributed by atoms with van der Waals surface area (Å²) in [5, 5.41) is 3.15.